The van der Waals surface area contributed by atoms with Gasteiger partial charge in [0.1, 0.15) is 18.1 Å². The van der Waals surface area contributed by atoms with E-state index in [1.807, 2.05) is 13.8 Å². The van der Waals surface area contributed by atoms with Crippen LogP contribution in [0.1, 0.15) is 58.1 Å². The lowest BCUT2D eigenvalue weighted by Gasteiger charge is -2.26. The van der Waals surface area contributed by atoms with Crippen molar-refractivity contribution in [2.24, 2.45) is 33.8 Å². The number of nitrogens with one attached hydrogen (secondary N) is 4. The molecule has 0 aliphatic heterocycles. The molecule has 5 atom stereocenters. The highest BCUT2D eigenvalue weighted by Gasteiger charge is 2.31. The predicted molar refractivity (Wildman–Crippen MR) is 146 cm³/mol. The summed E-state index contributed by atoms with van der Waals surface area (Å²) in [6, 6.07) is -4.17. The smallest absolute Gasteiger partial charge is 0.326 e. The summed E-state index contributed by atoms with van der Waals surface area (Å²) >= 11 is 0. The van der Waals surface area contributed by atoms with Crippen molar-refractivity contribution in [1.82, 2.24) is 25.9 Å². The molecule has 5 unspecified atom stereocenters. The van der Waals surface area contributed by atoms with Gasteiger partial charge in [-0.3, -0.25) is 19.4 Å². The second kappa shape index (κ2) is 17.7. The van der Waals surface area contributed by atoms with Crippen LogP contribution in [0.5, 0.6) is 0 Å². The van der Waals surface area contributed by atoms with Crippen molar-refractivity contribution in [3.8, 4) is 0 Å². The Morgan fingerprint density at radius 3 is 2.10 bits per heavy atom. The van der Waals surface area contributed by atoms with Gasteiger partial charge in [-0.25, -0.2) is 9.78 Å². The first-order chi connectivity index (χ1) is 18.5. The number of aliphatic imine (C=N–C) groups is 1. The number of nitrogens with two attached hydrogens (primary N) is 4. The second-order valence-corrected chi connectivity index (χ2v) is 9.45. The van der Waals surface area contributed by atoms with E-state index >= 15 is 0 Å². The molecule has 1 aromatic heterocycles. The number of carboxylic acids is 1. The van der Waals surface area contributed by atoms with Gasteiger partial charge >= 0.3 is 5.97 Å². The number of rotatable bonds is 19. The fraction of sp³-hybridized carbons (Fsp3) is 0.667. The van der Waals surface area contributed by atoms with Crippen LogP contribution in [0, 0.1) is 5.92 Å². The summed E-state index contributed by atoms with van der Waals surface area (Å²) in [7, 11) is 0. The van der Waals surface area contributed by atoms with Crippen LogP contribution in [0.3, 0.4) is 0 Å². The molecule has 3 amide bonds. The summed E-state index contributed by atoms with van der Waals surface area (Å²) in [6.45, 7) is 4.36. The Labute approximate surface area is 228 Å². The highest BCUT2D eigenvalue weighted by Crippen LogP contribution is 2.09. The highest BCUT2D eigenvalue weighted by atomic mass is 16.4. The molecule has 0 aromatic carbocycles. The molecular formula is C24H44N10O5. The number of carbonyl (C=O) groups excluding carboxylic acids is 3. The fourth-order valence-electron chi connectivity index (χ4n) is 3.68. The van der Waals surface area contributed by atoms with Crippen LogP contribution in [-0.4, -0.2) is 82.0 Å². The van der Waals surface area contributed by atoms with E-state index < -0.39 is 47.9 Å². The van der Waals surface area contributed by atoms with E-state index in [9.17, 15) is 24.3 Å². The number of imidazole rings is 1. The molecule has 0 bridgehead atoms. The van der Waals surface area contributed by atoms with Crippen LogP contribution in [-0.2, 0) is 25.6 Å². The molecule has 1 heterocycles. The molecule has 0 aliphatic carbocycles. The number of aliphatic carboxylic acids is 1. The molecule has 1 rings (SSSR count). The number of aromatic nitrogens is 2. The topological polar surface area (TPSA) is 270 Å². The summed E-state index contributed by atoms with van der Waals surface area (Å²) in [5.41, 5.74) is 22.9. The van der Waals surface area contributed by atoms with Crippen LogP contribution >= 0.6 is 0 Å². The largest absolute Gasteiger partial charge is 0.480 e. The predicted octanol–water partition coefficient (Wildman–Crippen LogP) is -1.95. The highest BCUT2D eigenvalue weighted by molar-refractivity contribution is 5.94. The van der Waals surface area contributed by atoms with Crippen LogP contribution in [0.2, 0.25) is 0 Å². The maximum Gasteiger partial charge on any atom is 0.326 e. The Hall–Kier alpha value is -3.72. The molecule has 0 aliphatic rings. The van der Waals surface area contributed by atoms with Gasteiger partial charge in [-0.1, -0.05) is 20.3 Å². The molecular weight excluding hydrogens is 508 g/mol. The van der Waals surface area contributed by atoms with Crippen molar-refractivity contribution in [1.29, 1.82) is 0 Å². The van der Waals surface area contributed by atoms with Gasteiger partial charge in [0.2, 0.25) is 17.7 Å². The summed E-state index contributed by atoms with van der Waals surface area (Å²) in [6.07, 6.45) is 5.39. The minimum atomic E-state index is -1.27. The van der Waals surface area contributed by atoms with E-state index in [1.54, 1.807) is 0 Å². The Kier molecular flexibility index (Phi) is 15.1. The van der Waals surface area contributed by atoms with E-state index in [4.69, 9.17) is 22.9 Å². The number of unbranched alkanes of at least 4 members (excludes halogenated alkanes) is 1. The molecule has 0 saturated carbocycles. The normalized spacial score (nSPS) is 14.8. The number of carboxylic acid groups (broad SMARTS) is 1. The monoisotopic (exact) mass is 552 g/mol. The first kappa shape index (κ1) is 33.3. The van der Waals surface area contributed by atoms with E-state index in [0.717, 1.165) is 0 Å². The van der Waals surface area contributed by atoms with Crippen LogP contribution in [0.15, 0.2) is 17.5 Å². The van der Waals surface area contributed by atoms with Gasteiger partial charge in [-0.05, 0) is 44.6 Å². The van der Waals surface area contributed by atoms with Crippen LogP contribution in [0.4, 0.5) is 0 Å². The Morgan fingerprint density at radius 1 is 1.00 bits per heavy atom. The van der Waals surface area contributed by atoms with Crippen molar-refractivity contribution >= 4 is 29.7 Å². The number of carbonyl (C=O) groups is 4. The summed E-state index contributed by atoms with van der Waals surface area (Å²) in [5, 5.41) is 17.5. The minimum Gasteiger partial charge on any atom is -0.480 e. The second-order valence-electron chi connectivity index (χ2n) is 9.45. The SMILES string of the molecule is CCC(C)C(N)C(=O)NC(CCCCN)C(=O)NC(CCCN=C(N)N)C(=O)NC(Cc1cnc[nH]1)C(=O)O. The Bertz CT molecular complexity index is 936. The number of nitrogens with zero attached hydrogens (tertiary/aromatic N) is 2. The average Bonchev–Trinajstić information content (AvgIpc) is 3.41. The standard InChI is InChI=1S/C24H44N10O5/c1-3-14(2)19(26)22(37)33-16(7-4-5-9-25)20(35)32-17(8-6-10-30-24(27)28)21(36)34-18(23(38)39)11-15-12-29-13-31-15/h12-14,16-19H,3-11,25-26H2,1-2H3,(H,29,31)(H,32,35)(H,33,37)(H,34,36)(H,38,39)(H4,27,28,30). The molecule has 15 heteroatoms. The number of hydrogen-bond donors (Lipinski definition) is 9. The molecule has 39 heavy (non-hydrogen) atoms. The first-order valence-corrected chi connectivity index (χ1v) is 13.1. The Balaban J connectivity index is 3.06. The van der Waals surface area contributed by atoms with Crippen LogP contribution in [0.25, 0.3) is 0 Å². The third kappa shape index (κ3) is 12.6. The number of guanidine groups is 1. The lowest BCUT2D eigenvalue weighted by Crippen LogP contribution is -2.57. The van der Waals surface area contributed by atoms with Gasteiger partial charge in [0.15, 0.2) is 5.96 Å². The third-order valence-electron chi connectivity index (χ3n) is 6.31. The molecule has 0 spiro atoms. The molecule has 220 valence electrons. The maximum absolute atomic E-state index is 13.3. The zero-order valence-corrected chi connectivity index (χ0v) is 22.7. The molecule has 0 saturated heterocycles. The molecule has 13 N–H and O–H groups in total. The number of H-pyrrole nitrogens is 1. The lowest BCUT2D eigenvalue weighted by atomic mass is 9.98. The first-order valence-electron chi connectivity index (χ1n) is 13.1. The fourth-order valence-corrected chi connectivity index (χ4v) is 3.68. The third-order valence-corrected chi connectivity index (χ3v) is 6.31. The van der Waals surface area contributed by atoms with Crippen molar-refractivity contribution in [2.45, 2.75) is 83.0 Å². The van der Waals surface area contributed by atoms with E-state index in [2.05, 4.69) is 30.9 Å². The van der Waals surface area contributed by atoms with Crippen LogP contribution < -0.4 is 38.9 Å². The van der Waals surface area contributed by atoms with Crippen molar-refractivity contribution in [3.05, 3.63) is 18.2 Å². The van der Waals surface area contributed by atoms with Crippen molar-refractivity contribution < 1.29 is 24.3 Å². The summed E-state index contributed by atoms with van der Waals surface area (Å²) < 4.78 is 0. The van der Waals surface area contributed by atoms with Crippen molar-refractivity contribution in [2.75, 3.05) is 13.1 Å². The van der Waals surface area contributed by atoms with E-state index in [-0.39, 0.29) is 37.7 Å². The van der Waals surface area contributed by atoms with Crippen molar-refractivity contribution in [3.63, 3.8) is 0 Å². The van der Waals surface area contributed by atoms with Gasteiger partial charge in [-0.2, -0.15) is 0 Å². The summed E-state index contributed by atoms with van der Waals surface area (Å²) in [5.74, 6) is -3.26. The zero-order valence-electron chi connectivity index (χ0n) is 22.7. The van der Waals surface area contributed by atoms with Gasteiger partial charge in [-0.15, -0.1) is 0 Å². The van der Waals surface area contributed by atoms with E-state index in [0.29, 0.717) is 37.9 Å². The number of hydrogen-bond acceptors (Lipinski definition) is 8. The van der Waals surface area contributed by atoms with Gasteiger partial charge < -0.3 is 49.0 Å². The van der Waals surface area contributed by atoms with Gasteiger partial charge in [0, 0.05) is 24.9 Å². The maximum atomic E-state index is 13.3. The molecule has 15 nitrogen and oxygen atoms in total. The number of aromatic amines is 1. The minimum absolute atomic E-state index is 0.0407. The van der Waals surface area contributed by atoms with Gasteiger partial charge in [0.25, 0.3) is 0 Å². The van der Waals surface area contributed by atoms with Gasteiger partial charge in [0.05, 0.1) is 12.4 Å². The molecule has 0 radical (unpaired) electrons. The molecule has 0 fully saturated rings. The summed E-state index contributed by atoms with van der Waals surface area (Å²) in [4.78, 5) is 61.5. The quantitative estimate of drug-likeness (QED) is 0.0519. The average molecular weight is 553 g/mol. The lowest BCUT2D eigenvalue weighted by molar-refractivity contribution is -0.142. The van der Waals surface area contributed by atoms with E-state index in [1.165, 1.54) is 12.5 Å². The zero-order chi connectivity index (χ0) is 29.4. The Morgan fingerprint density at radius 2 is 1.59 bits per heavy atom. The number of amides is 3. The molecule has 1 aromatic rings.